The minimum atomic E-state index is 0.257. The quantitative estimate of drug-likeness (QED) is 0.737. The molecule has 0 spiro atoms. The number of carbonyl (C=O) groups is 1. The Kier molecular flexibility index (Phi) is 3.24. The number of fused-ring (bicyclic) bond motifs is 2. The molecule has 3 atom stereocenters. The summed E-state index contributed by atoms with van der Waals surface area (Å²) in [6.07, 6.45) is 4.87. The Balaban J connectivity index is 1.83. The molecular formula is C17H21BrO2. The third-order valence-electron chi connectivity index (χ3n) is 6.09. The normalized spacial score (nSPS) is 34.2. The first kappa shape index (κ1) is 14.1. The molecule has 0 aliphatic heterocycles. The van der Waals surface area contributed by atoms with Gasteiger partial charge in [0.15, 0.2) is 6.29 Å². The molecule has 0 N–H and O–H groups in total. The van der Waals surface area contributed by atoms with Gasteiger partial charge in [0.05, 0.1) is 0 Å². The van der Waals surface area contributed by atoms with Gasteiger partial charge in [-0.1, -0.05) is 20.8 Å². The summed E-state index contributed by atoms with van der Waals surface area (Å²) < 4.78 is 7.09. The van der Waals surface area contributed by atoms with Crippen molar-refractivity contribution >= 4 is 22.2 Å². The van der Waals surface area contributed by atoms with Crippen LogP contribution in [0.15, 0.2) is 22.7 Å². The summed E-state index contributed by atoms with van der Waals surface area (Å²) >= 11 is 3.42. The second-order valence-electron chi connectivity index (χ2n) is 7.02. The maximum Gasteiger partial charge on any atom is 0.151 e. The molecule has 0 aromatic heterocycles. The van der Waals surface area contributed by atoms with Gasteiger partial charge in [-0.15, -0.1) is 0 Å². The van der Waals surface area contributed by atoms with E-state index in [4.69, 9.17) is 4.74 Å². The zero-order chi connectivity index (χ0) is 14.5. The van der Waals surface area contributed by atoms with Crippen LogP contribution in [0.4, 0.5) is 0 Å². The molecular weight excluding hydrogens is 316 g/mol. The van der Waals surface area contributed by atoms with Gasteiger partial charge in [-0.3, -0.25) is 4.79 Å². The van der Waals surface area contributed by atoms with Gasteiger partial charge in [0.2, 0.25) is 0 Å². The maximum absolute atomic E-state index is 10.9. The van der Waals surface area contributed by atoms with E-state index in [1.807, 2.05) is 18.2 Å². The molecule has 2 saturated carbocycles. The molecule has 0 heterocycles. The highest BCUT2D eigenvalue weighted by Crippen LogP contribution is 2.66. The molecule has 0 saturated heterocycles. The summed E-state index contributed by atoms with van der Waals surface area (Å²) in [6.45, 7) is 7.15. The number of halogens is 1. The van der Waals surface area contributed by atoms with Crippen LogP contribution in [-0.2, 0) is 0 Å². The average Bonchev–Trinajstić information content (AvgIpc) is 2.72. The van der Waals surface area contributed by atoms with E-state index >= 15 is 0 Å². The van der Waals surface area contributed by atoms with E-state index < -0.39 is 0 Å². The predicted molar refractivity (Wildman–Crippen MR) is 83.2 cm³/mol. The summed E-state index contributed by atoms with van der Waals surface area (Å²) in [6, 6.07) is 5.62. The molecule has 1 aromatic carbocycles. The molecule has 2 bridgehead atoms. The Labute approximate surface area is 129 Å². The minimum Gasteiger partial charge on any atom is -0.490 e. The molecule has 2 fully saturated rings. The van der Waals surface area contributed by atoms with Gasteiger partial charge in [-0.05, 0) is 64.7 Å². The number of hydrogen-bond donors (Lipinski definition) is 0. The highest BCUT2D eigenvalue weighted by Gasteiger charge is 2.62. The fourth-order valence-electron chi connectivity index (χ4n) is 4.15. The first-order chi connectivity index (χ1) is 9.38. The number of hydrogen-bond acceptors (Lipinski definition) is 2. The van der Waals surface area contributed by atoms with Gasteiger partial charge in [-0.2, -0.15) is 0 Å². The van der Waals surface area contributed by atoms with E-state index in [2.05, 4.69) is 36.7 Å². The smallest absolute Gasteiger partial charge is 0.151 e. The van der Waals surface area contributed by atoms with Crippen molar-refractivity contribution < 1.29 is 9.53 Å². The van der Waals surface area contributed by atoms with Crippen molar-refractivity contribution in [3.8, 4) is 5.75 Å². The van der Waals surface area contributed by atoms with Crippen molar-refractivity contribution in [2.45, 2.75) is 46.1 Å². The monoisotopic (exact) mass is 336 g/mol. The largest absolute Gasteiger partial charge is 0.490 e. The van der Waals surface area contributed by atoms with E-state index in [9.17, 15) is 4.79 Å². The molecule has 2 aliphatic rings. The van der Waals surface area contributed by atoms with Crippen LogP contribution in [0.5, 0.6) is 5.75 Å². The van der Waals surface area contributed by atoms with Crippen LogP contribution >= 0.6 is 15.9 Å². The number of carbonyl (C=O) groups excluding carboxylic acids is 1. The highest BCUT2D eigenvalue weighted by molar-refractivity contribution is 9.10. The lowest BCUT2D eigenvalue weighted by atomic mass is 9.70. The topological polar surface area (TPSA) is 26.3 Å². The fourth-order valence-corrected chi connectivity index (χ4v) is 4.60. The summed E-state index contributed by atoms with van der Waals surface area (Å²) in [5, 5.41) is 0. The summed E-state index contributed by atoms with van der Waals surface area (Å²) in [7, 11) is 0. The Hall–Kier alpha value is -0.830. The lowest BCUT2D eigenvalue weighted by Crippen LogP contribution is -2.38. The molecule has 3 rings (SSSR count). The second kappa shape index (κ2) is 4.59. The van der Waals surface area contributed by atoms with Crippen molar-refractivity contribution in [1.82, 2.24) is 0 Å². The number of ether oxygens (including phenoxy) is 1. The predicted octanol–water partition coefficient (Wildman–Crippen LogP) is 4.86. The van der Waals surface area contributed by atoms with Gasteiger partial charge in [0.1, 0.15) is 11.9 Å². The maximum atomic E-state index is 10.9. The Morgan fingerprint density at radius 3 is 2.60 bits per heavy atom. The van der Waals surface area contributed by atoms with E-state index in [1.165, 1.54) is 12.8 Å². The van der Waals surface area contributed by atoms with Gasteiger partial charge in [0, 0.05) is 15.5 Å². The standard InChI is InChI=1S/C17H21BrO2/c1-16(2)12-6-7-17(16,3)15(8-12)20-13-5-4-11(10-19)14(18)9-13/h4-5,9-10,12,15H,6-8H2,1-3H3. The van der Waals surface area contributed by atoms with E-state index in [1.54, 1.807) is 0 Å². The van der Waals surface area contributed by atoms with E-state index in [0.29, 0.717) is 11.0 Å². The highest BCUT2D eigenvalue weighted by atomic mass is 79.9. The Morgan fingerprint density at radius 2 is 2.10 bits per heavy atom. The molecule has 3 heteroatoms. The molecule has 2 aliphatic carbocycles. The molecule has 3 unspecified atom stereocenters. The molecule has 20 heavy (non-hydrogen) atoms. The third-order valence-corrected chi connectivity index (χ3v) is 6.78. The van der Waals surface area contributed by atoms with Gasteiger partial charge >= 0.3 is 0 Å². The lowest BCUT2D eigenvalue weighted by molar-refractivity contribution is 0.0301. The van der Waals surface area contributed by atoms with E-state index in [-0.39, 0.29) is 11.5 Å². The van der Waals surface area contributed by atoms with Crippen molar-refractivity contribution in [2.24, 2.45) is 16.7 Å². The van der Waals surface area contributed by atoms with E-state index in [0.717, 1.165) is 28.8 Å². The zero-order valence-electron chi connectivity index (χ0n) is 12.3. The van der Waals surface area contributed by atoms with Crippen LogP contribution in [0.25, 0.3) is 0 Å². The molecule has 0 radical (unpaired) electrons. The number of rotatable bonds is 3. The Bertz CT molecular complexity index is 552. The van der Waals surface area contributed by atoms with Crippen molar-refractivity contribution in [3.63, 3.8) is 0 Å². The minimum absolute atomic E-state index is 0.257. The first-order valence-corrected chi connectivity index (χ1v) is 8.09. The van der Waals surface area contributed by atoms with Crippen molar-refractivity contribution in [1.29, 1.82) is 0 Å². The molecule has 0 amide bonds. The number of benzene rings is 1. The second-order valence-corrected chi connectivity index (χ2v) is 7.87. The summed E-state index contributed by atoms with van der Waals surface area (Å²) in [4.78, 5) is 10.9. The van der Waals surface area contributed by atoms with Gasteiger partial charge in [-0.25, -0.2) is 0 Å². The third kappa shape index (κ3) is 1.86. The Morgan fingerprint density at radius 1 is 1.35 bits per heavy atom. The summed E-state index contributed by atoms with van der Waals surface area (Å²) in [5.41, 5.74) is 1.28. The molecule has 108 valence electrons. The van der Waals surface area contributed by atoms with Crippen molar-refractivity contribution in [2.75, 3.05) is 0 Å². The SMILES string of the molecule is CC1(C)C2CCC1(C)C(Oc1ccc(C=O)c(Br)c1)C2. The van der Waals surface area contributed by atoms with Crippen LogP contribution in [0.1, 0.15) is 50.4 Å². The first-order valence-electron chi connectivity index (χ1n) is 7.30. The van der Waals surface area contributed by atoms with Crippen LogP contribution in [0.3, 0.4) is 0 Å². The van der Waals surface area contributed by atoms with Crippen molar-refractivity contribution in [3.05, 3.63) is 28.2 Å². The van der Waals surface area contributed by atoms with Crippen LogP contribution < -0.4 is 4.74 Å². The summed E-state index contributed by atoms with van der Waals surface area (Å²) in [5.74, 6) is 1.63. The van der Waals surface area contributed by atoms with Crippen LogP contribution in [0.2, 0.25) is 0 Å². The molecule has 1 aromatic rings. The van der Waals surface area contributed by atoms with Crippen LogP contribution in [-0.4, -0.2) is 12.4 Å². The average molecular weight is 337 g/mol. The van der Waals surface area contributed by atoms with Gasteiger partial charge in [0.25, 0.3) is 0 Å². The van der Waals surface area contributed by atoms with Gasteiger partial charge < -0.3 is 4.74 Å². The van der Waals surface area contributed by atoms with Crippen LogP contribution in [0, 0.1) is 16.7 Å². The zero-order valence-corrected chi connectivity index (χ0v) is 13.9. The lowest BCUT2D eigenvalue weighted by Gasteiger charge is -2.38. The molecule has 2 nitrogen and oxygen atoms in total. The number of aldehydes is 1. The fraction of sp³-hybridized carbons (Fsp3) is 0.588.